The first kappa shape index (κ1) is 20.8. The molecule has 6 heteroatoms. The SMILES string of the molecule is C[C@H](NC(=O)COC(=O)c1ccccc1NC(=O)c1ccccc1)c1ccccc1. The van der Waals surface area contributed by atoms with Crippen molar-refractivity contribution in [3.8, 4) is 0 Å². The van der Waals surface area contributed by atoms with E-state index in [1.807, 2.05) is 43.3 Å². The van der Waals surface area contributed by atoms with Crippen LogP contribution in [0, 0.1) is 0 Å². The number of carbonyl (C=O) groups excluding carboxylic acids is 3. The van der Waals surface area contributed by atoms with E-state index in [9.17, 15) is 14.4 Å². The molecule has 0 aliphatic rings. The molecule has 0 saturated carbocycles. The van der Waals surface area contributed by atoms with Gasteiger partial charge in [0.05, 0.1) is 17.3 Å². The number of carbonyl (C=O) groups is 3. The molecule has 0 fully saturated rings. The summed E-state index contributed by atoms with van der Waals surface area (Å²) in [7, 11) is 0. The highest BCUT2D eigenvalue weighted by Crippen LogP contribution is 2.18. The normalized spacial score (nSPS) is 11.2. The van der Waals surface area contributed by atoms with Crippen LogP contribution >= 0.6 is 0 Å². The van der Waals surface area contributed by atoms with Crippen LogP contribution in [-0.4, -0.2) is 24.4 Å². The summed E-state index contributed by atoms with van der Waals surface area (Å²) < 4.78 is 5.15. The number of benzene rings is 3. The summed E-state index contributed by atoms with van der Waals surface area (Å²) in [6.07, 6.45) is 0. The molecule has 152 valence electrons. The molecular formula is C24H22N2O4. The maximum atomic E-state index is 12.5. The molecule has 0 aliphatic carbocycles. The zero-order valence-corrected chi connectivity index (χ0v) is 16.5. The van der Waals surface area contributed by atoms with Gasteiger partial charge in [-0.2, -0.15) is 0 Å². The number of hydrogen-bond acceptors (Lipinski definition) is 4. The first-order valence-electron chi connectivity index (χ1n) is 9.51. The van der Waals surface area contributed by atoms with E-state index in [4.69, 9.17) is 4.74 Å². The van der Waals surface area contributed by atoms with E-state index in [0.29, 0.717) is 11.3 Å². The van der Waals surface area contributed by atoms with Gasteiger partial charge in [-0.25, -0.2) is 4.79 Å². The highest BCUT2D eigenvalue weighted by molar-refractivity contribution is 6.08. The monoisotopic (exact) mass is 402 g/mol. The summed E-state index contributed by atoms with van der Waals surface area (Å²) in [5, 5.41) is 5.49. The lowest BCUT2D eigenvalue weighted by atomic mass is 10.1. The minimum Gasteiger partial charge on any atom is -0.452 e. The van der Waals surface area contributed by atoms with Crippen molar-refractivity contribution in [2.24, 2.45) is 0 Å². The molecule has 3 rings (SSSR count). The summed E-state index contributed by atoms with van der Waals surface area (Å²) in [6.45, 7) is 1.43. The van der Waals surface area contributed by atoms with Crippen LogP contribution in [-0.2, 0) is 9.53 Å². The van der Waals surface area contributed by atoms with Gasteiger partial charge in [0, 0.05) is 5.56 Å². The summed E-state index contributed by atoms with van der Waals surface area (Å²) in [6, 6.07) is 24.4. The van der Waals surface area contributed by atoms with Gasteiger partial charge in [0.1, 0.15) is 0 Å². The Morgan fingerprint density at radius 1 is 0.833 bits per heavy atom. The third-order valence-electron chi connectivity index (χ3n) is 4.44. The lowest BCUT2D eigenvalue weighted by molar-refractivity contribution is -0.124. The van der Waals surface area contributed by atoms with Crippen molar-refractivity contribution in [1.82, 2.24) is 5.32 Å². The zero-order valence-electron chi connectivity index (χ0n) is 16.5. The molecule has 2 amide bonds. The fourth-order valence-electron chi connectivity index (χ4n) is 2.87. The second kappa shape index (κ2) is 10.0. The van der Waals surface area contributed by atoms with E-state index in [1.54, 1.807) is 42.5 Å². The van der Waals surface area contributed by atoms with Crippen molar-refractivity contribution in [2.75, 3.05) is 11.9 Å². The zero-order chi connectivity index (χ0) is 21.3. The first-order chi connectivity index (χ1) is 14.5. The number of rotatable bonds is 7. The lowest BCUT2D eigenvalue weighted by Gasteiger charge is -2.15. The minimum absolute atomic E-state index is 0.172. The number of amides is 2. The van der Waals surface area contributed by atoms with Gasteiger partial charge in [-0.15, -0.1) is 0 Å². The van der Waals surface area contributed by atoms with Gasteiger partial charge in [0.15, 0.2) is 6.61 Å². The molecule has 6 nitrogen and oxygen atoms in total. The molecule has 0 spiro atoms. The average Bonchev–Trinajstić information content (AvgIpc) is 2.79. The van der Waals surface area contributed by atoms with Crippen molar-refractivity contribution in [2.45, 2.75) is 13.0 Å². The maximum absolute atomic E-state index is 12.5. The maximum Gasteiger partial charge on any atom is 0.340 e. The van der Waals surface area contributed by atoms with Gasteiger partial charge < -0.3 is 15.4 Å². The Bertz CT molecular complexity index is 1020. The number of para-hydroxylation sites is 1. The van der Waals surface area contributed by atoms with Crippen LogP contribution in [0.15, 0.2) is 84.9 Å². The summed E-state index contributed by atoms with van der Waals surface area (Å²) in [5.74, 6) is -1.45. The van der Waals surface area contributed by atoms with Gasteiger partial charge in [-0.05, 0) is 36.8 Å². The van der Waals surface area contributed by atoms with Gasteiger partial charge in [-0.3, -0.25) is 9.59 Å². The molecule has 0 aromatic heterocycles. The standard InChI is InChI=1S/C24H22N2O4/c1-17(18-10-4-2-5-11-18)25-22(27)16-30-24(29)20-14-8-9-15-21(20)26-23(28)19-12-6-3-7-13-19/h2-15,17H,16H2,1H3,(H,25,27)(H,26,28)/t17-/m0/s1. The molecular weight excluding hydrogens is 380 g/mol. The quantitative estimate of drug-likeness (QED) is 0.586. The molecule has 2 N–H and O–H groups in total. The van der Waals surface area contributed by atoms with Crippen LogP contribution in [0.3, 0.4) is 0 Å². The molecule has 0 aliphatic heterocycles. The summed E-state index contributed by atoms with van der Waals surface area (Å²) in [4.78, 5) is 37.0. The number of esters is 1. The minimum atomic E-state index is -0.693. The smallest absolute Gasteiger partial charge is 0.340 e. The Morgan fingerprint density at radius 2 is 1.43 bits per heavy atom. The predicted molar refractivity (Wildman–Crippen MR) is 114 cm³/mol. The van der Waals surface area contributed by atoms with Crippen molar-refractivity contribution < 1.29 is 19.1 Å². The molecule has 0 radical (unpaired) electrons. The molecule has 0 bridgehead atoms. The van der Waals surface area contributed by atoms with Crippen molar-refractivity contribution in [3.05, 3.63) is 102 Å². The molecule has 0 saturated heterocycles. The van der Waals surface area contributed by atoms with E-state index in [0.717, 1.165) is 5.56 Å². The molecule has 0 unspecified atom stereocenters. The van der Waals surface area contributed by atoms with E-state index in [2.05, 4.69) is 10.6 Å². The Balaban J connectivity index is 1.59. The number of anilines is 1. The average molecular weight is 402 g/mol. The molecule has 1 atom stereocenters. The van der Waals surface area contributed by atoms with E-state index in [-0.39, 0.29) is 17.5 Å². The van der Waals surface area contributed by atoms with Crippen LogP contribution in [0.1, 0.15) is 39.2 Å². The number of nitrogens with one attached hydrogen (secondary N) is 2. The van der Waals surface area contributed by atoms with Gasteiger partial charge in [0.2, 0.25) is 0 Å². The Labute approximate surface area is 174 Å². The van der Waals surface area contributed by atoms with E-state index in [1.165, 1.54) is 6.07 Å². The number of hydrogen-bond donors (Lipinski definition) is 2. The van der Waals surface area contributed by atoms with Gasteiger partial charge in [-0.1, -0.05) is 60.7 Å². The van der Waals surface area contributed by atoms with Crippen LogP contribution in [0.5, 0.6) is 0 Å². The molecule has 0 heterocycles. The second-order valence-electron chi connectivity index (χ2n) is 6.64. The third-order valence-corrected chi connectivity index (χ3v) is 4.44. The van der Waals surface area contributed by atoms with Crippen molar-refractivity contribution in [3.63, 3.8) is 0 Å². The fraction of sp³-hybridized carbons (Fsp3) is 0.125. The third kappa shape index (κ3) is 5.54. The largest absolute Gasteiger partial charge is 0.452 e. The number of ether oxygens (including phenoxy) is 1. The van der Waals surface area contributed by atoms with Gasteiger partial charge >= 0.3 is 5.97 Å². The van der Waals surface area contributed by atoms with Crippen LogP contribution in [0.4, 0.5) is 5.69 Å². The highest BCUT2D eigenvalue weighted by Gasteiger charge is 2.17. The predicted octanol–water partition coefficient (Wildman–Crippen LogP) is 3.97. The van der Waals surface area contributed by atoms with Crippen LogP contribution in [0.2, 0.25) is 0 Å². The van der Waals surface area contributed by atoms with Crippen molar-refractivity contribution in [1.29, 1.82) is 0 Å². The van der Waals surface area contributed by atoms with E-state index >= 15 is 0 Å². The second-order valence-corrected chi connectivity index (χ2v) is 6.64. The first-order valence-corrected chi connectivity index (χ1v) is 9.51. The van der Waals surface area contributed by atoms with Crippen LogP contribution in [0.25, 0.3) is 0 Å². The molecule has 3 aromatic rings. The lowest BCUT2D eigenvalue weighted by Crippen LogP contribution is -2.31. The van der Waals surface area contributed by atoms with Crippen molar-refractivity contribution >= 4 is 23.5 Å². The topological polar surface area (TPSA) is 84.5 Å². The summed E-state index contributed by atoms with van der Waals surface area (Å²) >= 11 is 0. The molecule has 3 aromatic carbocycles. The Morgan fingerprint density at radius 3 is 2.13 bits per heavy atom. The summed E-state index contributed by atoms with van der Waals surface area (Å²) in [5.41, 5.74) is 1.90. The molecule has 30 heavy (non-hydrogen) atoms. The van der Waals surface area contributed by atoms with Gasteiger partial charge in [0.25, 0.3) is 11.8 Å². The fourth-order valence-corrected chi connectivity index (χ4v) is 2.87. The Kier molecular flexibility index (Phi) is 6.95. The Hall–Kier alpha value is -3.93. The van der Waals surface area contributed by atoms with E-state index < -0.39 is 18.5 Å². The van der Waals surface area contributed by atoms with Crippen LogP contribution < -0.4 is 10.6 Å². The highest BCUT2D eigenvalue weighted by atomic mass is 16.5.